The Labute approximate surface area is 185 Å². The van der Waals surface area contributed by atoms with Gasteiger partial charge in [-0.1, -0.05) is 0 Å². The van der Waals surface area contributed by atoms with Crippen LogP contribution >= 0.6 is 0 Å². The summed E-state index contributed by atoms with van der Waals surface area (Å²) < 4.78 is 48.9. The summed E-state index contributed by atoms with van der Waals surface area (Å²) >= 11 is 0. The van der Waals surface area contributed by atoms with Crippen LogP contribution in [0, 0.1) is 24.4 Å². The molecule has 2 bridgehead atoms. The van der Waals surface area contributed by atoms with Crippen LogP contribution in [0.3, 0.4) is 0 Å². The summed E-state index contributed by atoms with van der Waals surface area (Å²) in [7, 11) is 0. The zero-order valence-electron chi connectivity index (χ0n) is 17.7. The summed E-state index contributed by atoms with van der Waals surface area (Å²) in [5, 5.41) is 0. The first-order valence-electron chi connectivity index (χ1n) is 10.5. The van der Waals surface area contributed by atoms with Gasteiger partial charge in [-0.3, -0.25) is 9.55 Å². The molecule has 0 spiro atoms. The molecule has 11 heteroatoms. The van der Waals surface area contributed by atoms with Gasteiger partial charge in [-0.15, -0.1) is 0 Å². The average Bonchev–Trinajstić information content (AvgIpc) is 2.80. The minimum atomic E-state index is -1.59. The minimum Gasteiger partial charge on any atom is -0.374 e. The molecule has 3 aromatic rings. The molecule has 0 saturated carbocycles. The average molecular weight is 459 g/mol. The summed E-state index contributed by atoms with van der Waals surface area (Å²) in [5.74, 6) is -4.24. The van der Waals surface area contributed by atoms with Crippen molar-refractivity contribution in [2.75, 3.05) is 18.1 Å². The molecule has 3 aliphatic heterocycles. The topological polar surface area (TPSA) is 82.2 Å². The molecule has 0 radical (unpaired) electrons. The van der Waals surface area contributed by atoms with Gasteiger partial charge in [0.25, 0.3) is 0 Å². The van der Waals surface area contributed by atoms with Gasteiger partial charge in [0.15, 0.2) is 17.5 Å². The van der Waals surface area contributed by atoms with E-state index in [1.165, 1.54) is 10.8 Å². The number of morpholine rings is 1. The van der Waals surface area contributed by atoms with Crippen molar-refractivity contribution in [2.45, 2.75) is 38.5 Å². The monoisotopic (exact) mass is 459 g/mol. The number of aromatic nitrogens is 4. The zero-order chi connectivity index (χ0) is 23.3. The molecule has 1 aromatic carbocycles. The van der Waals surface area contributed by atoms with Crippen molar-refractivity contribution in [1.29, 1.82) is 0 Å². The summed E-state index contributed by atoms with van der Waals surface area (Å²) in [4.78, 5) is 36.6. The lowest BCUT2D eigenvalue weighted by molar-refractivity contribution is -0.0236. The molecular weight excluding hydrogens is 439 g/mol. The van der Waals surface area contributed by atoms with E-state index in [0.717, 1.165) is 35.1 Å². The van der Waals surface area contributed by atoms with Gasteiger partial charge >= 0.3 is 11.4 Å². The van der Waals surface area contributed by atoms with Gasteiger partial charge in [0.2, 0.25) is 5.95 Å². The van der Waals surface area contributed by atoms with Crippen molar-refractivity contribution < 1.29 is 17.9 Å². The highest BCUT2D eigenvalue weighted by Gasteiger charge is 2.37. The van der Waals surface area contributed by atoms with Crippen LogP contribution in [0.4, 0.5) is 19.1 Å². The first kappa shape index (κ1) is 21.4. The van der Waals surface area contributed by atoms with Crippen LogP contribution in [0.5, 0.6) is 0 Å². The zero-order valence-corrected chi connectivity index (χ0v) is 17.7. The van der Waals surface area contributed by atoms with Gasteiger partial charge in [-0.2, -0.15) is 4.98 Å². The van der Waals surface area contributed by atoms with Crippen molar-refractivity contribution in [3.63, 3.8) is 0 Å². The molecule has 2 unspecified atom stereocenters. The Morgan fingerprint density at radius 3 is 2.45 bits per heavy atom. The number of ether oxygens (including phenoxy) is 1. The lowest BCUT2D eigenvalue weighted by Crippen LogP contribution is -2.57. The van der Waals surface area contributed by atoms with Crippen molar-refractivity contribution in [3.8, 4) is 5.69 Å². The maximum atomic E-state index is 13.9. The lowest BCUT2D eigenvalue weighted by Gasteiger charge is -2.45. The molecule has 0 amide bonds. The lowest BCUT2D eigenvalue weighted by atomic mass is 9.97. The van der Waals surface area contributed by atoms with Crippen LogP contribution in [0.1, 0.15) is 24.0 Å². The van der Waals surface area contributed by atoms with Crippen LogP contribution in [0.2, 0.25) is 0 Å². The number of hydrogen-bond acceptors (Lipinski definition) is 6. The molecule has 33 heavy (non-hydrogen) atoms. The molecule has 6 rings (SSSR count). The molecule has 5 heterocycles. The maximum Gasteiger partial charge on any atom is 0.359 e. The van der Waals surface area contributed by atoms with E-state index in [0.29, 0.717) is 13.2 Å². The SMILES string of the molecule is Cc1cncc(-n2c(=O)nc(N3CC4CCC3CO4)n(Cc3cc(F)c(F)c(F)c3)c2=O)c1. The Hall–Kier alpha value is -3.47. The number of pyridine rings is 1. The summed E-state index contributed by atoms with van der Waals surface area (Å²) in [5.41, 5.74) is -0.578. The first-order valence-corrected chi connectivity index (χ1v) is 10.5. The second kappa shape index (κ2) is 8.14. The number of hydrogen-bond donors (Lipinski definition) is 0. The highest BCUT2D eigenvalue weighted by molar-refractivity contribution is 5.38. The predicted octanol–water partition coefficient (Wildman–Crippen LogP) is 1.93. The fourth-order valence-electron chi connectivity index (χ4n) is 4.40. The summed E-state index contributed by atoms with van der Waals surface area (Å²) in [6.45, 7) is 2.30. The third kappa shape index (κ3) is 3.82. The Kier molecular flexibility index (Phi) is 5.28. The number of aryl methyl sites for hydroxylation is 1. The molecule has 0 N–H and O–H groups in total. The van der Waals surface area contributed by atoms with E-state index < -0.39 is 28.8 Å². The van der Waals surface area contributed by atoms with E-state index in [9.17, 15) is 22.8 Å². The number of fused-ring (bicyclic) bond motifs is 3. The molecule has 8 nitrogen and oxygen atoms in total. The Morgan fingerprint density at radius 2 is 1.85 bits per heavy atom. The van der Waals surface area contributed by atoms with E-state index in [4.69, 9.17) is 4.74 Å². The summed E-state index contributed by atoms with van der Waals surface area (Å²) in [6, 6.07) is 3.16. The molecular formula is C22H20F3N5O3. The molecule has 0 aliphatic carbocycles. The molecule has 2 atom stereocenters. The van der Waals surface area contributed by atoms with E-state index in [1.807, 2.05) is 4.90 Å². The van der Waals surface area contributed by atoms with Crippen LogP contribution in [0.25, 0.3) is 5.69 Å². The smallest absolute Gasteiger partial charge is 0.359 e. The third-order valence-electron chi connectivity index (χ3n) is 6.00. The van der Waals surface area contributed by atoms with E-state index in [1.54, 1.807) is 19.2 Å². The van der Waals surface area contributed by atoms with Gasteiger partial charge in [0.1, 0.15) is 0 Å². The molecule has 3 aliphatic rings. The van der Waals surface area contributed by atoms with Crippen molar-refractivity contribution in [1.82, 2.24) is 19.1 Å². The fourth-order valence-corrected chi connectivity index (χ4v) is 4.40. The molecule has 3 saturated heterocycles. The maximum absolute atomic E-state index is 13.9. The van der Waals surface area contributed by atoms with Gasteiger partial charge in [-0.25, -0.2) is 27.3 Å². The van der Waals surface area contributed by atoms with Crippen molar-refractivity contribution in [2.24, 2.45) is 0 Å². The Balaban J connectivity index is 1.69. The first-order chi connectivity index (χ1) is 15.8. The quantitative estimate of drug-likeness (QED) is 0.555. The van der Waals surface area contributed by atoms with Gasteiger partial charge < -0.3 is 9.64 Å². The Morgan fingerprint density at radius 1 is 1.09 bits per heavy atom. The van der Waals surface area contributed by atoms with E-state index in [2.05, 4.69) is 9.97 Å². The predicted molar refractivity (Wildman–Crippen MR) is 112 cm³/mol. The standard InChI is InChI=1S/C22H20F3N5O3/c1-12-4-15(8-26-7-12)30-21(31)27-20(28-10-16-3-2-14(28)11-33-16)29(22(30)32)9-13-5-17(23)19(25)18(24)6-13/h4-8,14,16H,2-3,9-11H2,1H3. The van der Waals surface area contributed by atoms with Crippen LogP contribution in [0.15, 0.2) is 40.2 Å². The van der Waals surface area contributed by atoms with Gasteiger partial charge in [0.05, 0.1) is 37.2 Å². The summed E-state index contributed by atoms with van der Waals surface area (Å²) in [6.07, 6.45) is 4.51. The number of benzene rings is 1. The van der Waals surface area contributed by atoms with Gasteiger partial charge in [0, 0.05) is 12.7 Å². The second-order valence-electron chi connectivity index (χ2n) is 8.33. The van der Waals surface area contributed by atoms with Crippen LogP contribution in [-0.2, 0) is 11.3 Å². The van der Waals surface area contributed by atoms with Crippen LogP contribution in [-0.4, -0.2) is 44.4 Å². The van der Waals surface area contributed by atoms with Gasteiger partial charge in [-0.05, 0) is 49.1 Å². The number of rotatable bonds is 4. The molecule has 3 fully saturated rings. The third-order valence-corrected chi connectivity index (χ3v) is 6.00. The van der Waals surface area contributed by atoms with E-state index in [-0.39, 0.29) is 35.9 Å². The molecule has 172 valence electrons. The van der Waals surface area contributed by atoms with Crippen molar-refractivity contribution >= 4 is 5.95 Å². The minimum absolute atomic E-state index is 0.0162. The molecule has 2 aromatic heterocycles. The number of piperidine rings is 1. The van der Waals surface area contributed by atoms with Crippen LogP contribution < -0.4 is 16.3 Å². The number of halogens is 3. The Bertz CT molecular complexity index is 1320. The number of nitrogens with zero attached hydrogens (tertiary/aromatic N) is 5. The second-order valence-corrected chi connectivity index (χ2v) is 8.33. The number of anilines is 1. The fraction of sp³-hybridized carbons (Fsp3) is 0.364. The highest BCUT2D eigenvalue weighted by Crippen LogP contribution is 2.29. The highest BCUT2D eigenvalue weighted by atomic mass is 19.2. The largest absolute Gasteiger partial charge is 0.374 e. The normalized spacial score (nSPS) is 19.8. The van der Waals surface area contributed by atoms with E-state index >= 15 is 0 Å². The van der Waals surface area contributed by atoms with Crippen molar-refractivity contribution in [3.05, 3.63) is 80.1 Å².